The van der Waals surface area contributed by atoms with Gasteiger partial charge in [-0.1, -0.05) is 12.1 Å². The van der Waals surface area contributed by atoms with Crippen molar-refractivity contribution in [2.75, 3.05) is 13.1 Å². The summed E-state index contributed by atoms with van der Waals surface area (Å²) < 4.78 is 13.1. The van der Waals surface area contributed by atoms with Crippen molar-refractivity contribution >= 4 is 11.9 Å². The SMILES string of the molecule is Cc1cc(CNC(=O)CNCCCC(=O)O)ccc1F. The van der Waals surface area contributed by atoms with Crippen LogP contribution in [0.15, 0.2) is 18.2 Å². The molecule has 0 saturated carbocycles. The van der Waals surface area contributed by atoms with E-state index in [1.54, 1.807) is 19.1 Å². The second-order valence-electron chi connectivity index (χ2n) is 4.53. The summed E-state index contributed by atoms with van der Waals surface area (Å²) in [6.07, 6.45) is 0.573. The number of amides is 1. The van der Waals surface area contributed by atoms with Gasteiger partial charge >= 0.3 is 5.97 Å². The van der Waals surface area contributed by atoms with Crippen LogP contribution in [0.3, 0.4) is 0 Å². The molecule has 0 atom stereocenters. The largest absolute Gasteiger partial charge is 0.481 e. The number of hydrogen-bond acceptors (Lipinski definition) is 3. The lowest BCUT2D eigenvalue weighted by Crippen LogP contribution is -2.34. The first-order valence-electron chi connectivity index (χ1n) is 6.43. The fraction of sp³-hybridized carbons (Fsp3) is 0.429. The second kappa shape index (κ2) is 8.27. The van der Waals surface area contributed by atoms with Gasteiger partial charge in [0.2, 0.25) is 5.91 Å². The second-order valence-corrected chi connectivity index (χ2v) is 4.53. The first-order valence-corrected chi connectivity index (χ1v) is 6.43. The normalized spacial score (nSPS) is 10.3. The Bertz CT molecular complexity index is 477. The summed E-state index contributed by atoms with van der Waals surface area (Å²) in [4.78, 5) is 21.8. The van der Waals surface area contributed by atoms with E-state index < -0.39 is 5.97 Å². The molecule has 1 aromatic carbocycles. The van der Waals surface area contributed by atoms with Crippen LogP contribution in [0.2, 0.25) is 0 Å². The van der Waals surface area contributed by atoms with Crippen LogP contribution in [0.5, 0.6) is 0 Å². The Morgan fingerprint density at radius 2 is 2.10 bits per heavy atom. The average molecular weight is 282 g/mol. The number of carbonyl (C=O) groups is 2. The third kappa shape index (κ3) is 6.29. The van der Waals surface area contributed by atoms with Crippen LogP contribution in [-0.4, -0.2) is 30.1 Å². The first-order chi connectivity index (χ1) is 9.49. The van der Waals surface area contributed by atoms with Gasteiger partial charge in [-0.2, -0.15) is 0 Å². The quantitative estimate of drug-likeness (QED) is 0.626. The molecule has 110 valence electrons. The molecule has 0 heterocycles. The lowest BCUT2D eigenvalue weighted by molar-refractivity contribution is -0.137. The number of hydrogen-bond donors (Lipinski definition) is 3. The van der Waals surface area contributed by atoms with Gasteiger partial charge in [0.25, 0.3) is 0 Å². The van der Waals surface area contributed by atoms with Gasteiger partial charge in [0.15, 0.2) is 0 Å². The number of rotatable bonds is 8. The molecule has 0 radical (unpaired) electrons. The summed E-state index contributed by atoms with van der Waals surface area (Å²) in [6.45, 7) is 2.64. The standard InChI is InChI=1S/C14H19FN2O3/c1-10-7-11(4-5-12(10)15)8-17-13(18)9-16-6-2-3-14(19)20/h4-5,7,16H,2-3,6,8-9H2,1H3,(H,17,18)(H,19,20). The van der Waals surface area contributed by atoms with E-state index in [1.165, 1.54) is 6.07 Å². The molecule has 0 aliphatic heterocycles. The maximum absolute atomic E-state index is 13.1. The van der Waals surface area contributed by atoms with E-state index in [1.807, 2.05) is 0 Å². The van der Waals surface area contributed by atoms with Gasteiger partial charge in [-0.3, -0.25) is 9.59 Å². The summed E-state index contributed by atoms with van der Waals surface area (Å²) in [5.74, 6) is -1.29. The summed E-state index contributed by atoms with van der Waals surface area (Å²) in [5.41, 5.74) is 1.38. The molecular formula is C14H19FN2O3. The number of aryl methyl sites for hydroxylation is 1. The molecule has 0 aliphatic carbocycles. The number of nitrogens with one attached hydrogen (secondary N) is 2. The van der Waals surface area contributed by atoms with Gasteiger partial charge in [0.05, 0.1) is 6.54 Å². The van der Waals surface area contributed by atoms with E-state index in [0.717, 1.165) is 5.56 Å². The Kier molecular flexibility index (Phi) is 6.66. The van der Waals surface area contributed by atoms with Gasteiger partial charge in [0, 0.05) is 13.0 Å². The predicted molar refractivity (Wildman–Crippen MR) is 72.7 cm³/mol. The van der Waals surface area contributed by atoms with Gasteiger partial charge in [-0.25, -0.2) is 4.39 Å². The van der Waals surface area contributed by atoms with Crippen molar-refractivity contribution in [1.82, 2.24) is 10.6 Å². The van der Waals surface area contributed by atoms with Crippen molar-refractivity contribution in [1.29, 1.82) is 0 Å². The molecular weight excluding hydrogens is 263 g/mol. The molecule has 5 nitrogen and oxygen atoms in total. The number of halogens is 1. The number of carbonyl (C=O) groups excluding carboxylic acids is 1. The maximum Gasteiger partial charge on any atom is 0.303 e. The monoisotopic (exact) mass is 282 g/mol. The summed E-state index contributed by atoms with van der Waals surface area (Å²) >= 11 is 0. The molecule has 0 bridgehead atoms. The van der Waals surface area contributed by atoms with Crippen molar-refractivity contribution in [2.45, 2.75) is 26.3 Å². The van der Waals surface area contributed by atoms with Crippen LogP contribution in [0.4, 0.5) is 4.39 Å². The minimum Gasteiger partial charge on any atom is -0.481 e. The van der Waals surface area contributed by atoms with E-state index in [4.69, 9.17) is 5.11 Å². The Morgan fingerprint density at radius 1 is 1.35 bits per heavy atom. The lowest BCUT2D eigenvalue weighted by Gasteiger charge is -2.07. The zero-order valence-corrected chi connectivity index (χ0v) is 11.4. The fourth-order valence-corrected chi connectivity index (χ4v) is 1.65. The van der Waals surface area contributed by atoms with Crippen LogP contribution >= 0.6 is 0 Å². The molecule has 1 amide bonds. The minimum absolute atomic E-state index is 0.0868. The summed E-state index contributed by atoms with van der Waals surface area (Å²) in [7, 11) is 0. The van der Waals surface area contributed by atoms with Crippen molar-refractivity contribution < 1.29 is 19.1 Å². The highest BCUT2D eigenvalue weighted by Gasteiger charge is 2.03. The number of aliphatic carboxylic acids is 1. The number of benzene rings is 1. The lowest BCUT2D eigenvalue weighted by atomic mass is 10.1. The van der Waals surface area contributed by atoms with E-state index >= 15 is 0 Å². The van der Waals surface area contributed by atoms with E-state index in [9.17, 15) is 14.0 Å². The molecule has 0 spiro atoms. The van der Waals surface area contributed by atoms with Crippen molar-refractivity contribution in [2.24, 2.45) is 0 Å². The van der Waals surface area contributed by atoms with Crippen LogP contribution < -0.4 is 10.6 Å². The Labute approximate surface area is 117 Å². The van der Waals surface area contributed by atoms with Crippen molar-refractivity contribution in [3.05, 3.63) is 35.1 Å². The first kappa shape index (κ1) is 16.1. The van der Waals surface area contributed by atoms with E-state index in [0.29, 0.717) is 25.1 Å². The highest BCUT2D eigenvalue weighted by Crippen LogP contribution is 2.08. The number of carboxylic acid groups (broad SMARTS) is 1. The third-order valence-electron chi connectivity index (χ3n) is 2.74. The molecule has 0 aliphatic rings. The minimum atomic E-state index is -0.845. The van der Waals surface area contributed by atoms with E-state index in [-0.39, 0.29) is 24.7 Å². The highest BCUT2D eigenvalue weighted by atomic mass is 19.1. The Balaban J connectivity index is 2.19. The molecule has 0 aromatic heterocycles. The van der Waals surface area contributed by atoms with Crippen LogP contribution in [-0.2, 0) is 16.1 Å². The Hall–Kier alpha value is -1.95. The molecule has 1 rings (SSSR count). The average Bonchev–Trinajstić information content (AvgIpc) is 2.39. The van der Waals surface area contributed by atoms with Crippen LogP contribution in [0, 0.1) is 12.7 Å². The van der Waals surface area contributed by atoms with Crippen molar-refractivity contribution in [3.63, 3.8) is 0 Å². The fourth-order valence-electron chi connectivity index (χ4n) is 1.65. The van der Waals surface area contributed by atoms with E-state index in [2.05, 4.69) is 10.6 Å². The smallest absolute Gasteiger partial charge is 0.303 e. The molecule has 1 aromatic rings. The Morgan fingerprint density at radius 3 is 2.75 bits per heavy atom. The van der Waals surface area contributed by atoms with Crippen LogP contribution in [0.1, 0.15) is 24.0 Å². The van der Waals surface area contributed by atoms with Gasteiger partial charge in [0.1, 0.15) is 5.82 Å². The topological polar surface area (TPSA) is 78.4 Å². The van der Waals surface area contributed by atoms with Gasteiger partial charge in [-0.05, 0) is 37.1 Å². The summed E-state index contributed by atoms with van der Waals surface area (Å²) in [5, 5.41) is 14.0. The van der Waals surface area contributed by atoms with Crippen LogP contribution in [0.25, 0.3) is 0 Å². The van der Waals surface area contributed by atoms with Gasteiger partial charge < -0.3 is 15.7 Å². The maximum atomic E-state index is 13.1. The zero-order valence-electron chi connectivity index (χ0n) is 11.4. The molecule has 0 saturated heterocycles. The molecule has 20 heavy (non-hydrogen) atoms. The van der Waals surface area contributed by atoms with Crippen molar-refractivity contribution in [3.8, 4) is 0 Å². The van der Waals surface area contributed by atoms with Gasteiger partial charge in [-0.15, -0.1) is 0 Å². The summed E-state index contributed by atoms with van der Waals surface area (Å²) in [6, 6.07) is 4.69. The predicted octanol–water partition coefficient (Wildman–Crippen LogP) is 1.20. The highest BCUT2D eigenvalue weighted by molar-refractivity contribution is 5.77. The molecule has 0 unspecified atom stereocenters. The molecule has 0 fully saturated rings. The third-order valence-corrected chi connectivity index (χ3v) is 2.74. The molecule has 6 heteroatoms. The zero-order chi connectivity index (χ0) is 15.0. The molecule has 3 N–H and O–H groups in total. The number of carboxylic acids is 1.